The van der Waals surface area contributed by atoms with Crippen LogP contribution in [-0.2, 0) is 0 Å². The third kappa shape index (κ3) is 2.66. The van der Waals surface area contributed by atoms with E-state index >= 15 is 0 Å². The maximum absolute atomic E-state index is 11.8. The molecule has 1 aromatic rings. The summed E-state index contributed by atoms with van der Waals surface area (Å²) in [5.41, 5.74) is 0.939. The van der Waals surface area contributed by atoms with Crippen molar-refractivity contribution in [3.8, 4) is 0 Å². The van der Waals surface area contributed by atoms with Crippen molar-refractivity contribution in [1.29, 1.82) is 0 Å². The zero-order chi connectivity index (χ0) is 8.97. The molecule has 0 aliphatic carbocycles. The van der Waals surface area contributed by atoms with E-state index in [1.807, 2.05) is 0 Å². The van der Waals surface area contributed by atoms with Gasteiger partial charge < -0.3 is 0 Å². The van der Waals surface area contributed by atoms with Gasteiger partial charge in [-0.05, 0) is 17.7 Å². The summed E-state index contributed by atoms with van der Waals surface area (Å²) in [5, 5.41) is 0. The van der Waals surface area contributed by atoms with Gasteiger partial charge in [0.1, 0.15) is 0 Å². The van der Waals surface area contributed by atoms with E-state index in [2.05, 4.69) is 6.58 Å². The summed E-state index contributed by atoms with van der Waals surface area (Å²) in [6, 6.07) is 6.84. The molecule has 0 heterocycles. The normalized spacial score (nSPS) is 10.2. The molecule has 1 rings (SSSR count). The molecule has 0 saturated heterocycles. The van der Waals surface area contributed by atoms with Crippen LogP contribution in [0.1, 0.15) is 5.56 Å². The van der Waals surface area contributed by atoms with Gasteiger partial charge in [-0.1, -0.05) is 36.5 Å². The number of hydrogen-bond donors (Lipinski definition) is 0. The Hall–Kier alpha value is -0.830. The Morgan fingerprint density at radius 3 is 2.25 bits per heavy atom. The number of benzene rings is 1. The first-order valence-corrected chi connectivity index (χ1v) is 4.27. The average molecular weight is 186 g/mol. The van der Waals surface area contributed by atoms with Crippen LogP contribution in [0.5, 0.6) is 0 Å². The minimum atomic E-state index is -2.35. The lowest BCUT2D eigenvalue weighted by atomic mass is 10.2. The fourth-order valence-electron chi connectivity index (χ4n) is 0.785. The van der Waals surface area contributed by atoms with E-state index in [0.717, 1.165) is 5.56 Å². The third-order valence-electron chi connectivity index (χ3n) is 1.34. The van der Waals surface area contributed by atoms with Crippen LogP contribution in [0.3, 0.4) is 0 Å². The van der Waals surface area contributed by atoms with Gasteiger partial charge in [0.15, 0.2) is 0 Å². The van der Waals surface area contributed by atoms with Crippen molar-refractivity contribution in [2.24, 2.45) is 0 Å². The van der Waals surface area contributed by atoms with Crippen LogP contribution in [-0.4, -0.2) is 5.76 Å². The fraction of sp³-hybridized carbons (Fsp3) is 0.111. The summed E-state index contributed by atoms with van der Waals surface area (Å²) < 4.78 is 23.7. The molecule has 0 radical (unpaired) electrons. The van der Waals surface area contributed by atoms with Crippen molar-refractivity contribution >= 4 is 17.8 Å². The summed E-state index contributed by atoms with van der Waals surface area (Å²) in [7, 11) is 0. The van der Waals surface area contributed by atoms with Crippen LogP contribution in [0.15, 0.2) is 35.7 Å². The Bertz CT molecular complexity index is 254. The third-order valence-corrected chi connectivity index (χ3v) is 2.06. The van der Waals surface area contributed by atoms with E-state index in [1.165, 1.54) is 0 Å². The molecule has 0 amide bonds. The van der Waals surface area contributed by atoms with Crippen molar-refractivity contribution in [2.75, 3.05) is 0 Å². The zero-order valence-electron chi connectivity index (χ0n) is 6.34. The highest BCUT2D eigenvalue weighted by atomic mass is 32.2. The van der Waals surface area contributed by atoms with Crippen LogP contribution in [0, 0.1) is 0 Å². The van der Waals surface area contributed by atoms with E-state index < -0.39 is 5.76 Å². The minimum Gasteiger partial charge on any atom is -0.198 e. The number of alkyl halides is 2. The van der Waals surface area contributed by atoms with Crippen molar-refractivity contribution < 1.29 is 8.78 Å². The van der Waals surface area contributed by atoms with Gasteiger partial charge in [-0.15, -0.1) is 0 Å². The predicted octanol–water partition coefficient (Wildman–Crippen LogP) is 3.64. The Kier molecular flexibility index (Phi) is 3.29. The standard InChI is InChI=1S/C9H8F2S/c1-2-7-3-5-8(6-4-7)12-9(10)11/h2-6,9H,1H2. The molecule has 0 aliphatic heterocycles. The predicted molar refractivity (Wildman–Crippen MR) is 48.4 cm³/mol. The highest BCUT2D eigenvalue weighted by molar-refractivity contribution is 7.99. The van der Waals surface area contributed by atoms with Crippen LogP contribution in [0.4, 0.5) is 8.78 Å². The fourth-order valence-corrected chi connectivity index (χ4v) is 1.28. The highest BCUT2D eigenvalue weighted by Gasteiger charge is 2.03. The second-order valence-electron chi connectivity index (χ2n) is 2.15. The molecule has 64 valence electrons. The Balaban J connectivity index is 2.71. The molecule has 0 aromatic heterocycles. The summed E-state index contributed by atoms with van der Waals surface area (Å²) in [4.78, 5) is 0.579. The molecule has 0 N–H and O–H groups in total. The quantitative estimate of drug-likeness (QED) is 0.649. The summed E-state index contributed by atoms with van der Waals surface area (Å²) in [6.45, 7) is 3.57. The van der Waals surface area contributed by atoms with Gasteiger partial charge in [-0.2, -0.15) is 8.78 Å². The van der Waals surface area contributed by atoms with E-state index in [0.29, 0.717) is 16.7 Å². The minimum absolute atomic E-state index is 0.550. The second kappa shape index (κ2) is 4.26. The van der Waals surface area contributed by atoms with Crippen LogP contribution in [0.2, 0.25) is 0 Å². The zero-order valence-corrected chi connectivity index (χ0v) is 7.15. The molecular weight excluding hydrogens is 178 g/mol. The molecule has 0 nitrogen and oxygen atoms in total. The summed E-state index contributed by atoms with van der Waals surface area (Å²) in [5.74, 6) is -2.35. The molecule has 0 fully saturated rings. The van der Waals surface area contributed by atoms with Gasteiger partial charge >= 0.3 is 0 Å². The van der Waals surface area contributed by atoms with Gasteiger partial charge in [0.25, 0.3) is 5.76 Å². The molecule has 0 saturated carbocycles. The molecule has 12 heavy (non-hydrogen) atoms. The topological polar surface area (TPSA) is 0 Å². The lowest BCUT2D eigenvalue weighted by Crippen LogP contribution is -1.80. The largest absolute Gasteiger partial charge is 0.288 e. The van der Waals surface area contributed by atoms with Crippen molar-refractivity contribution in [1.82, 2.24) is 0 Å². The average Bonchev–Trinajstić information content (AvgIpc) is 2.05. The van der Waals surface area contributed by atoms with E-state index in [4.69, 9.17) is 0 Å². The highest BCUT2D eigenvalue weighted by Crippen LogP contribution is 2.25. The van der Waals surface area contributed by atoms with Gasteiger partial charge in [0, 0.05) is 4.90 Å². The van der Waals surface area contributed by atoms with Crippen molar-refractivity contribution in [3.63, 3.8) is 0 Å². The summed E-state index contributed by atoms with van der Waals surface area (Å²) >= 11 is 0.550. The Labute approximate surface area is 74.3 Å². The Morgan fingerprint density at radius 1 is 1.25 bits per heavy atom. The van der Waals surface area contributed by atoms with Gasteiger partial charge in [-0.25, -0.2) is 0 Å². The Morgan fingerprint density at radius 2 is 1.83 bits per heavy atom. The first kappa shape index (κ1) is 9.26. The molecule has 3 heteroatoms. The molecule has 0 spiro atoms. The van der Waals surface area contributed by atoms with Crippen LogP contribution >= 0.6 is 11.8 Å². The summed E-state index contributed by atoms with van der Waals surface area (Å²) in [6.07, 6.45) is 1.68. The maximum Gasteiger partial charge on any atom is 0.288 e. The first-order valence-electron chi connectivity index (χ1n) is 3.39. The van der Waals surface area contributed by atoms with Gasteiger partial charge in [0.05, 0.1) is 0 Å². The monoisotopic (exact) mass is 186 g/mol. The lowest BCUT2D eigenvalue weighted by molar-refractivity contribution is 0.252. The van der Waals surface area contributed by atoms with E-state index in [9.17, 15) is 8.78 Å². The lowest BCUT2D eigenvalue weighted by Gasteiger charge is -1.99. The van der Waals surface area contributed by atoms with E-state index in [-0.39, 0.29) is 0 Å². The number of rotatable bonds is 3. The second-order valence-corrected chi connectivity index (χ2v) is 3.22. The first-order chi connectivity index (χ1) is 5.72. The van der Waals surface area contributed by atoms with Crippen molar-refractivity contribution in [3.05, 3.63) is 36.4 Å². The molecule has 0 aliphatic rings. The number of hydrogen-bond acceptors (Lipinski definition) is 1. The van der Waals surface area contributed by atoms with Crippen molar-refractivity contribution in [2.45, 2.75) is 10.7 Å². The van der Waals surface area contributed by atoms with Gasteiger partial charge in [-0.3, -0.25) is 0 Å². The molecule has 0 atom stereocenters. The number of thioether (sulfide) groups is 1. The van der Waals surface area contributed by atoms with E-state index in [1.54, 1.807) is 30.3 Å². The molecular formula is C9H8F2S. The molecule has 1 aromatic carbocycles. The van der Waals surface area contributed by atoms with Gasteiger partial charge in [0.2, 0.25) is 0 Å². The SMILES string of the molecule is C=Cc1ccc(SC(F)F)cc1. The van der Waals surface area contributed by atoms with Crippen LogP contribution in [0.25, 0.3) is 6.08 Å². The molecule has 0 bridgehead atoms. The molecule has 0 unspecified atom stereocenters. The number of halogens is 2. The smallest absolute Gasteiger partial charge is 0.198 e. The van der Waals surface area contributed by atoms with Crippen LogP contribution < -0.4 is 0 Å². The maximum atomic E-state index is 11.8.